The number of nitrogens with one attached hydrogen (secondary N) is 2. The number of carbonyl (C=O) groups excluding carboxylic acids is 3. The van der Waals surface area contributed by atoms with E-state index in [0.717, 1.165) is 24.2 Å². The van der Waals surface area contributed by atoms with Crippen LogP contribution >= 0.6 is 11.6 Å². The van der Waals surface area contributed by atoms with Crippen molar-refractivity contribution in [1.29, 1.82) is 5.26 Å². The van der Waals surface area contributed by atoms with Crippen LogP contribution in [0, 0.1) is 11.3 Å². The largest absolute Gasteiger partial charge is 0.336 e. The number of hydrogen-bond donors (Lipinski definition) is 2. The molecule has 142 valence electrons. The summed E-state index contributed by atoms with van der Waals surface area (Å²) in [5, 5.41) is 15.4. The van der Waals surface area contributed by atoms with E-state index in [1.54, 1.807) is 31.2 Å². The maximum Gasteiger partial charge on any atom is 0.325 e. The summed E-state index contributed by atoms with van der Waals surface area (Å²) in [6.45, 7) is 1.17. The number of benzene rings is 1. The third kappa shape index (κ3) is 3.62. The molecular weight excluding hydrogens is 368 g/mol. The van der Waals surface area contributed by atoms with Crippen LogP contribution in [0.3, 0.4) is 0 Å². The number of halogens is 1. The van der Waals surface area contributed by atoms with Crippen LogP contribution in [0.4, 0.5) is 4.79 Å². The second-order valence-corrected chi connectivity index (χ2v) is 7.69. The molecule has 1 aromatic carbocycles. The quantitative estimate of drug-likeness (QED) is 0.773. The lowest BCUT2D eigenvalue weighted by Crippen LogP contribution is -2.52. The predicted molar refractivity (Wildman–Crippen MR) is 98.6 cm³/mol. The summed E-state index contributed by atoms with van der Waals surface area (Å²) < 4.78 is 0. The maximum atomic E-state index is 12.9. The van der Waals surface area contributed by atoms with Crippen LogP contribution in [0.1, 0.15) is 44.6 Å². The summed E-state index contributed by atoms with van der Waals surface area (Å²) >= 11 is 5.88. The van der Waals surface area contributed by atoms with Gasteiger partial charge in [-0.1, -0.05) is 43.0 Å². The van der Waals surface area contributed by atoms with Crippen LogP contribution in [-0.2, 0) is 15.1 Å². The fraction of sp³-hybridized carbons (Fsp3) is 0.474. The van der Waals surface area contributed by atoms with Crippen molar-refractivity contribution in [1.82, 2.24) is 15.5 Å². The number of nitrogens with zero attached hydrogens (tertiary/aromatic N) is 2. The summed E-state index contributed by atoms with van der Waals surface area (Å²) in [7, 11) is 0. The lowest BCUT2D eigenvalue weighted by atomic mass is 9.83. The van der Waals surface area contributed by atoms with E-state index in [1.807, 2.05) is 0 Å². The molecule has 4 amide bonds. The fourth-order valence-corrected chi connectivity index (χ4v) is 3.82. The van der Waals surface area contributed by atoms with Crippen molar-refractivity contribution in [2.24, 2.45) is 0 Å². The molecule has 0 radical (unpaired) electrons. The Hall–Kier alpha value is -2.59. The van der Waals surface area contributed by atoms with Crippen molar-refractivity contribution >= 4 is 29.4 Å². The van der Waals surface area contributed by atoms with Crippen molar-refractivity contribution < 1.29 is 14.4 Å². The van der Waals surface area contributed by atoms with Crippen LogP contribution in [0.15, 0.2) is 24.3 Å². The minimum absolute atomic E-state index is 0.419. The Bertz CT molecular complexity index is 811. The highest BCUT2D eigenvalue weighted by atomic mass is 35.5. The molecule has 2 N–H and O–H groups in total. The van der Waals surface area contributed by atoms with E-state index < -0.39 is 35.5 Å². The molecule has 0 bridgehead atoms. The van der Waals surface area contributed by atoms with Gasteiger partial charge < -0.3 is 10.6 Å². The lowest BCUT2D eigenvalue weighted by molar-refractivity contribution is -0.135. The molecule has 2 aliphatic rings. The minimum Gasteiger partial charge on any atom is -0.336 e. The number of imide groups is 1. The number of carbonyl (C=O) groups is 3. The van der Waals surface area contributed by atoms with E-state index in [-0.39, 0.29) is 0 Å². The Kier molecular flexibility index (Phi) is 5.11. The number of urea groups is 1. The van der Waals surface area contributed by atoms with Crippen LogP contribution < -0.4 is 10.6 Å². The van der Waals surface area contributed by atoms with Gasteiger partial charge in [0.15, 0.2) is 0 Å². The Labute approximate surface area is 162 Å². The number of rotatable bonds is 4. The lowest BCUT2D eigenvalue weighted by Gasteiger charge is -2.32. The highest BCUT2D eigenvalue weighted by molar-refractivity contribution is 6.30. The standard InChI is InChI=1S/C19H21ClN4O3/c1-18(13-5-7-14(20)8-6-13)16(26)24(17(27)23-18)11-15(25)22-19(12-21)9-3-2-4-10-19/h5-8H,2-4,9-11H2,1H3,(H,22,25)(H,23,27)/t18-/m1/s1. The van der Waals surface area contributed by atoms with Crippen LogP contribution in [0.25, 0.3) is 0 Å². The van der Waals surface area contributed by atoms with E-state index >= 15 is 0 Å². The summed E-state index contributed by atoms with van der Waals surface area (Å²) in [4.78, 5) is 38.6. The molecule has 27 heavy (non-hydrogen) atoms. The number of amides is 4. The zero-order chi connectivity index (χ0) is 19.7. The number of hydrogen-bond acceptors (Lipinski definition) is 4. The normalized spacial score (nSPS) is 24.3. The maximum absolute atomic E-state index is 12.9. The first kappa shape index (κ1) is 19.2. The van der Waals surface area contributed by atoms with E-state index in [1.165, 1.54) is 0 Å². The third-order valence-corrected chi connectivity index (χ3v) is 5.55. The first-order valence-electron chi connectivity index (χ1n) is 8.92. The molecule has 1 heterocycles. The first-order chi connectivity index (χ1) is 12.8. The molecular formula is C19H21ClN4O3. The highest BCUT2D eigenvalue weighted by Crippen LogP contribution is 2.30. The van der Waals surface area contributed by atoms with Crippen LogP contribution in [0.5, 0.6) is 0 Å². The molecule has 0 spiro atoms. The van der Waals surface area contributed by atoms with Crippen molar-refractivity contribution in [3.05, 3.63) is 34.9 Å². The Morgan fingerprint density at radius 3 is 2.48 bits per heavy atom. The topological polar surface area (TPSA) is 102 Å². The van der Waals surface area contributed by atoms with Crippen molar-refractivity contribution in [2.75, 3.05) is 6.54 Å². The smallest absolute Gasteiger partial charge is 0.325 e. The van der Waals surface area contributed by atoms with Crippen molar-refractivity contribution in [2.45, 2.75) is 50.1 Å². The summed E-state index contributed by atoms with van der Waals surface area (Å²) in [6, 6.07) is 8.16. The molecule has 1 saturated heterocycles. The van der Waals surface area contributed by atoms with Gasteiger partial charge in [-0.25, -0.2) is 4.79 Å². The SMILES string of the molecule is C[C@]1(c2ccc(Cl)cc2)NC(=O)N(CC(=O)NC2(C#N)CCCCC2)C1=O. The molecule has 0 aromatic heterocycles. The molecule has 2 fully saturated rings. The predicted octanol–water partition coefficient (Wildman–Crippen LogP) is 2.45. The van der Waals surface area contributed by atoms with E-state index in [0.29, 0.717) is 23.4 Å². The number of nitriles is 1. The van der Waals surface area contributed by atoms with Crippen LogP contribution in [-0.4, -0.2) is 34.8 Å². The zero-order valence-electron chi connectivity index (χ0n) is 15.0. The molecule has 0 unspecified atom stereocenters. The Morgan fingerprint density at radius 1 is 1.26 bits per heavy atom. The molecule has 7 nitrogen and oxygen atoms in total. The van der Waals surface area contributed by atoms with Gasteiger partial charge in [0, 0.05) is 5.02 Å². The second-order valence-electron chi connectivity index (χ2n) is 7.26. The minimum atomic E-state index is -1.26. The molecule has 1 atom stereocenters. The molecule has 1 aromatic rings. The highest BCUT2D eigenvalue weighted by Gasteiger charge is 2.49. The van der Waals surface area contributed by atoms with E-state index in [2.05, 4.69) is 16.7 Å². The first-order valence-corrected chi connectivity index (χ1v) is 9.30. The van der Waals surface area contributed by atoms with Gasteiger partial charge in [0.05, 0.1) is 6.07 Å². The van der Waals surface area contributed by atoms with Crippen LogP contribution in [0.2, 0.25) is 5.02 Å². The average molecular weight is 389 g/mol. The van der Waals surface area contributed by atoms with E-state index in [9.17, 15) is 19.6 Å². The Morgan fingerprint density at radius 2 is 1.89 bits per heavy atom. The monoisotopic (exact) mass is 388 g/mol. The van der Waals surface area contributed by atoms with Gasteiger partial charge in [-0.2, -0.15) is 5.26 Å². The van der Waals surface area contributed by atoms with Gasteiger partial charge in [0.2, 0.25) is 5.91 Å². The average Bonchev–Trinajstić information content (AvgIpc) is 2.87. The third-order valence-electron chi connectivity index (χ3n) is 5.30. The summed E-state index contributed by atoms with van der Waals surface area (Å²) in [6.07, 6.45) is 3.93. The van der Waals surface area contributed by atoms with E-state index in [4.69, 9.17) is 11.6 Å². The molecule has 8 heteroatoms. The second kappa shape index (κ2) is 7.20. The zero-order valence-corrected chi connectivity index (χ0v) is 15.8. The summed E-state index contributed by atoms with van der Waals surface area (Å²) in [5.41, 5.74) is -1.60. The molecule has 1 aliphatic heterocycles. The van der Waals surface area contributed by atoms with Crippen molar-refractivity contribution in [3.8, 4) is 6.07 Å². The van der Waals surface area contributed by atoms with Crippen molar-refractivity contribution in [3.63, 3.8) is 0 Å². The molecule has 1 aliphatic carbocycles. The fourth-order valence-electron chi connectivity index (χ4n) is 3.69. The summed E-state index contributed by atoms with van der Waals surface area (Å²) in [5.74, 6) is -1.03. The molecule has 1 saturated carbocycles. The molecule has 3 rings (SSSR count). The van der Waals surface area contributed by atoms with Gasteiger partial charge >= 0.3 is 6.03 Å². The van der Waals surface area contributed by atoms with Gasteiger partial charge in [-0.3, -0.25) is 14.5 Å². The van der Waals surface area contributed by atoms with Gasteiger partial charge in [-0.05, 0) is 37.5 Å². The van der Waals surface area contributed by atoms with Gasteiger partial charge in [-0.15, -0.1) is 0 Å². The van der Waals surface area contributed by atoms with Gasteiger partial charge in [0.25, 0.3) is 5.91 Å². The Balaban J connectivity index is 1.73. The van der Waals surface area contributed by atoms with Gasteiger partial charge in [0.1, 0.15) is 17.6 Å².